The Labute approximate surface area is 166 Å². The Morgan fingerprint density at radius 1 is 0.966 bits per heavy atom. The van der Waals surface area contributed by atoms with Gasteiger partial charge in [0.15, 0.2) is 17.1 Å². The Kier molecular flexibility index (Phi) is 3.73. The molecule has 8 nitrogen and oxygen atoms in total. The van der Waals surface area contributed by atoms with Gasteiger partial charge in [-0.1, -0.05) is 6.07 Å². The highest BCUT2D eigenvalue weighted by Gasteiger charge is 2.17. The summed E-state index contributed by atoms with van der Waals surface area (Å²) in [5.41, 5.74) is 5.20. The van der Waals surface area contributed by atoms with E-state index in [0.29, 0.717) is 28.4 Å². The summed E-state index contributed by atoms with van der Waals surface area (Å²) in [5.74, 6) is 1.12. The molecule has 0 fully saturated rings. The van der Waals surface area contributed by atoms with Crippen molar-refractivity contribution < 1.29 is 9.84 Å². The van der Waals surface area contributed by atoms with E-state index in [1.165, 1.54) is 11.1 Å². The number of hydrogen-bond acceptors (Lipinski definition) is 6. The molecule has 0 radical (unpaired) electrons. The molecule has 0 aliphatic heterocycles. The number of ether oxygens (including phenoxy) is 1. The number of aromatic nitrogens is 6. The zero-order valence-electron chi connectivity index (χ0n) is 16.2. The van der Waals surface area contributed by atoms with Crippen molar-refractivity contribution in [3.8, 4) is 28.6 Å². The van der Waals surface area contributed by atoms with Crippen LogP contribution in [0.25, 0.3) is 33.8 Å². The lowest BCUT2D eigenvalue weighted by Crippen LogP contribution is -2.00. The highest BCUT2D eigenvalue weighted by molar-refractivity contribution is 5.90. The van der Waals surface area contributed by atoms with Gasteiger partial charge in [-0.2, -0.15) is 5.10 Å². The number of nitrogens with zero attached hydrogens (tertiary/aromatic N) is 6. The van der Waals surface area contributed by atoms with E-state index in [-0.39, 0.29) is 5.75 Å². The van der Waals surface area contributed by atoms with Crippen molar-refractivity contribution in [3.05, 3.63) is 60.0 Å². The minimum Gasteiger partial charge on any atom is -0.507 e. The Hall–Kier alpha value is -3.94. The third-order valence-electron chi connectivity index (χ3n) is 5.16. The van der Waals surface area contributed by atoms with Crippen LogP contribution >= 0.6 is 0 Å². The summed E-state index contributed by atoms with van der Waals surface area (Å²) in [6.07, 6.45) is 3.38. The smallest absolute Gasteiger partial charge is 0.175 e. The Bertz CT molecular complexity index is 1390. The van der Waals surface area contributed by atoms with E-state index in [4.69, 9.17) is 4.74 Å². The molecule has 29 heavy (non-hydrogen) atoms. The first-order valence-corrected chi connectivity index (χ1v) is 9.09. The lowest BCUT2D eigenvalue weighted by Gasteiger charge is -2.07. The average molecular weight is 386 g/mol. The molecule has 1 N–H and O–H groups in total. The topological polar surface area (TPSA) is 90.4 Å². The molecule has 3 aromatic heterocycles. The van der Waals surface area contributed by atoms with Crippen LogP contribution in [0, 0.1) is 13.8 Å². The SMILES string of the molecule is COc1ccc(-c2nnc3c4cnn(-c5ccc(C)c(C)c5)c4ncn23)c(O)c1. The largest absolute Gasteiger partial charge is 0.507 e. The van der Waals surface area contributed by atoms with Crippen LogP contribution in [0.5, 0.6) is 11.5 Å². The summed E-state index contributed by atoms with van der Waals surface area (Å²) >= 11 is 0. The van der Waals surface area contributed by atoms with Gasteiger partial charge in [0, 0.05) is 6.07 Å². The summed E-state index contributed by atoms with van der Waals surface area (Å²) in [6, 6.07) is 11.2. The molecule has 0 saturated heterocycles. The van der Waals surface area contributed by atoms with Gasteiger partial charge in [-0.3, -0.25) is 4.40 Å². The third-order valence-corrected chi connectivity index (χ3v) is 5.16. The zero-order chi connectivity index (χ0) is 20.1. The van der Waals surface area contributed by atoms with Crippen molar-refractivity contribution >= 4 is 16.7 Å². The fourth-order valence-electron chi connectivity index (χ4n) is 3.38. The van der Waals surface area contributed by atoms with Gasteiger partial charge in [0.2, 0.25) is 0 Å². The Balaban J connectivity index is 1.68. The highest BCUT2D eigenvalue weighted by atomic mass is 16.5. The van der Waals surface area contributed by atoms with E-state index in [9.17, 15) is 5.11 Å². The molecule has 0 aliphatic carbocycles. The van der Waals surface area contributed by atoms with Crippen LogP contribution in [0.2, 0.25) is 0 Å². The number of hydrogen-bond donors (Lipinski definition) is 1. The second kappa shape index (κ2) is 6.30. The van der Waals surface area contributed by atoms with Gasteiger partial charge in [-0.25, -0.2) is 9.67 Å². The van der Waals surface area contributed by atoms with Crippen LogP contribution in [0.15, 0.2) is 48.9 Å². The van der Waals surface area contributed by atoms with Crippen LogP contribution in [-0.4, -0.2) is 41.6 Å². The molecule has 0 spiro atoms. The molecule has 2 aromatic carbocycles. The van der Waals surface area contributed by atoms with Crippen LogP contribution in [0.3, 0.4) is 0 Å². The minimum atomic E-state index is 0.0598. The van der Waals surface area contributed by atoms with Crippen LogP contribution in [0.4, 0.5) is 0 Å². The third kappa shape index (κ3) is 2.60. The standard InChI is InChI=1S/C21H18N6O2/c1-12-4-5-14(8-13(12)2)27-19-17(10-23-27)21-25-24-20(26(21)11-22-19)16-7-6-15(29-3)9-18(16)28/h4-11,28H,1-3H3. The molecule has 0 bridgehead atoms. The predicted molar refractivity (Wildman–Crippen MR) is 109 cm³/mol. The first kappa shape index (κ1) is 17.2. The number of phenols is 1. The molecule has 0 atom stereocenters. The van der Waals surface area contributed by atoms with Gasteiger partial charge in [-0.05, 0) is 49.2 Å². The summed E-state index contributed by atoms with van der Waals surface area (Å²) in [6.45, 7) is 4.15. The molecule has 0 saturated carbocycles. The van der Waals surface area contributed by atoms with Crippen molar-refractivity contribution in [1.29, 1.82) is 0 Å². The van der Waals surface area contributed by atoms with Crippen LogP contribution in [-0.2, 0) is 0 Å². The maximum atomic E-state index is 10.4. The van der Waals surface area contributed by atoms with Gasteiger partial charge >= 0.3 is 0 Å². The average Bonchev–Trinajstić information content (AvgIpc) is 3.34. The second-order valence-corrected chi connectivity index (χ2v) is 6.91. The van der Waals surface area contributed by atoms with E-state index in [1.54, 1.807) is 46.9 Å². The number of phenolic OH excluding ortho intramolecular Hbond substituents is 1. The number of aryl methyl sites for hydroxylation is 2. The molecule has 5 rings (SSSR count). The van der Waals surface area contributed by atoms with Crippen molar-refractivity contribution in [3.63, 3.8) is 0 Å². The highest BCUT2D eigenvalue weighted by Crippen LogP contribution is 2.32. The number of methoxy groups -OCH3 is 1. The number of benzene rings is 2. The summed E-state index contributed by atoms with van der Waals surface area (Å²) < 4.78 is 8.69. The first-order valence-electron chi connectivity index (χ1n) is 9.09. The lowest BCUT2D eigenvalue weighted by atomic mass is 10.1. The van der Waals surface area contributed by atoms with Crippen LogP contribution < -0.4 is 4.74 Å². The molecule has 5 aromatic rings. The predicted octanol–water partition coefficient (Wildman–Crippen LogP) is 3.46. The van der Waals surface area contributed by atoms with E-state index in [1.807, 2.05) is 6.07 Å². The first-order chi connectivity index (χ1) is 14.1. The van der Waals surface area contributed by atoms with Gasteiger partial charge in [0.05, 0.1) is 29.9 Å². The fraction of sp³-hybridized carbons (Fsp3) is 0.143. The van der Waals surface area contributed by atoms with Crippen LogP contribution in [0.1, 0.15) is 11.1 Å². The van der Waals surface area contributed by atoms with Gasteiger partial charge < -0.3 is 9.84 Å². The lowest BCUT2D eigenvalue weighted by molar-refractivity contribution is 0.408. The molecule has 0 aliphatic rings. The second-order valence-electron chi connectivity index (χ2n) is 6.91. The minimum absolute atomic E-state index is 0.0598. The van der Waals surface area contributed by atoms with Crippen molar-refractivity contribution in [2.75, 3.05) is 7.11 Å². The summed E-state index contributed by atoms with van der Waals surface area (Å²) in [4.78, 5) is 4.60. The van der Waals surface area contributed by atoms with Crippen molar-refractivity contribution in [2.45, 2.75) is 13.8 Å². The quantitative estimate of drug-likeness (QED) is 0.511. The molecule has 0 unspecified atom stereocenters. The Morgan fingerprint density at radius 3 is 2.59 bits per heavy atom. The van der Waals surface area contributed by atoms with E-state index in [2.05, 4.69) is 46.3 Å². The fourth-order valence-corrected chi connectivity index (χ4v) is 3.38. The molecule has 144 valence electrons. The number of fused-ring (bicyclic) bond motifs is 3. The van der Waals surface area contributed by atoms with Gasteiger partial charge in [0.25, 0.3) is 0 Å². The van der Waals surface area contributed by atoms with Crippen molar-refractivity contribution in [2.24, 2.45) is 0 Å². The number of rotatable bonds is 3. The zero-order valence-corrected chi connectivity index (χ0v) is 16.2. The summed E-state index contributed by atoms with van der Waals surface area (Å²) in [7, 11) is 1.55. The maximum absolute atomic E-state index is 10.4. The Morgan fingerprint density at radius 2 is 1.83 bits per heavy atom. The summed E-state index contributed by atoms with van der Waals surface area (Å²) in [5, 5.41) is 24.3. The normalized spacial score (nSPS) is 11.4. The maximum Gasteiger partial charge on any atom is 0.175 e. The van der Waals surface area contributed by atoms with Crippen molar-refractivity contribution in [1.82, 2.24) is 29.4 Å². The molecular formula is C21H18N6O2. The van der Waals surface area contributed by atoms with E-state index < -0.39 is 0 Å². The van der Waals surface area contributed by atoms with E-state index >= 15 is 0 Å². The van der Waals surface area contributed by atoms with Gasteiger partial charge in [0.1, 0.15) is 17.8 Å². The molecule has 0 amide bonds. The molecular weight excluding hydrogens is 368 g/mol. The molecule has 3 heterocycles. The monoisotopic (exact) mass is 386 g/mol. The number of aromatic hydroxyl groups is 1. The van der Waals surface area contributed by atoms with E-state index in [0.717, 1.165) is 11.1 Å². The molecule has 8 heteroatoms. The van der Waals surface area contributed by atoms with Gasteiger partial charge in [-0.15, -0.1) is 10.2 Å².